The van der Waals surface area contributed by atoms with E-state index in [1.807, 2.05) is 0 Å². The number of nitrogens with zero attached hydrogens (tertiary/aromatic N) is 1. The Morgan fingerprint density at radius 2 is 2.24 bits per heavy atom. The van der Waals surface area contributed by atoms with Crippen LogP contribution in [0.4, 0.5) is 5.69 Å². The molecule has 5 heteroatoms. The number of hydrogen-bond donors (Lipinski definition) is 2. The van der Waals surface area contributed by atoms with E-state index in [1.54, 1.807) is 0 Å². The summed E-state index contributed by atoms with van der Waals surface area (Å²) < 4.78 is 1.05. The van der Waals surface area contributed by atoms with Crippen molar-refractivity contribution in [3.8, 4) is 0 Å². The first kappa shape index (κ1) is 16.3. The lowest BCUT2D eigenvalue weighted by molar-refractivity contribution is -0.123. The van der Waals surface area contributed by atoms with Gasteiger partial charge in [-0.05, 0) is 37.6 Å². The second-order valence-corrected chi connectivity index (χ2v) is 6.31. The van der Waals surface area contributed by atoms with Crippen LogP contribution in [-0.2, 0) is 4.79 Å². The van der Waals surface area contributed by atoms with Crippen LogP contribution in [0.5, 0.6) is 0 Å². The SMILES string of the molecule is CCNC(C)c1ccc(Br)cc1N1CCNC(=O)C1CC. The smallest absolute Gasteiger partial charge is 0.242 e. The third-order valence-corrected chi connectivity index (χ3v) is 4.49. The molecule has 0 aliphatic carbocycles. The third kappa shape index (κ3) is 3.58. The molecule has 1 aliphatic heterocycles. The van der Waals surface area contributed by atoms with E-state index in [4.69, 9.17) is 0 Å². The molecular weight excluding hydrogens is 330 g/mol. The Morgan fingerprint density at radius 3 is 2.90 bits per heavy atom. The summed E-state index contributed by atoms with van der Waals surface area (Å²) in [5.74, 6) is 0.130. The number of piperazine rings is 1. The normalized spacial score (nSPS) is 20.3. The van der Waals surface area contributed by atoms with Gasteiger partial charge in [0.25, 0.3) is 0 Å². The quantitative estimate of drug-likeness (QED) is 0.855. The fraction of sp³-hybridized carbons (Fsp3) is 0.562. The van der Waals surface area contributed by atoms with Crippen molar-refractivity contribution < 1.29 is 4.79 Å². The minimum atomic E-state index is -0.0828. The van der Waals surface area contributed by atoms with E-state index in [9.17, 15) is 4.79 Å². The Hall–Kier alpha value is -1.07. The molecule has 2 atom stereocenters. The molecular formula is C16H24BrN3O. The van der Waals surface area contributed by atoms with Crippen molar-refractivity contribution in [2.45, 2.75) is 39.3 Å². The Balaban J connectivity index is 2.40. The summed E-state index contributed by atoms with van der Waals surface area (Å²) in [6, 6.07) is 6.52. The zero-order valence-electron chi connectivity index (χ0n) is 12.9. The lowest BCUT2D eigenvalue weighted by Crippen LogP contribution is -2.55. The number of benzene rings is 1. The van der Waals surface area contributed by atoms with Gasteiger partial charge in [0, 0.05) is 29.3 Å². The summed E-state index contributed by atoms with van der Waals surface area (Å²) in [5, 5.41) is 6.43. The molecule has 1 amide bonds. The maximum Gasteiger partial charge on any atom is 0.242 e. The van der Waals surface area contributed by atoms with E-state index in [1.165, 1.54) is 5.56 Å². The average molecular weight is 354 g/mol. The highest BCUT2D eigenvalue weighted by Gasteiger charge is 2.30. The van der Waals surface area contributed by atoms with Crippen LogP contribution in [-0.4, -0.2) is 31.6 Å². The highest BCUT2D eigenvalue weighted by molar-refractivity contribution is 9.10. The number of carbonyl (C=O) groups excluding carboxylic acids is 1. The van der Waals surface area contributed by atoms with Gasteiger partial charge in [0.1, 0.15) is 6.04 Å². The number of rotatable bonds is 5. The molecule has 21 heavy (non-hydrogen) atoms. The van der Waals surface area contributed by atoms with Crippen LogP contribution < -0.4 is 15.5 Å². The molecule has 0 aromatic heterocycles. The van der Waals surface area contributed by atoms with Crippen molar-refractivity contribution in [2.75, 3.05) is 24.5 Å². The Morgan fingerprint density at radius 1 is 1.48 bits per heavy atom. The van der Waals surface area contributed by atoms with Crippen LogP contribution in [0.2, 0.25) is 0 Å². The largest absolute Gasteiger partial charge is 0.357 e. The molecule has 1 aromatic carbocycles. The first-order valence-corrected chi connectivity index (χ1v) is 8.45. The molecule has 0 radical (unpaired) electrons. The van der Waals surface area contributed by atoms with Crippen molar-refractivity contribution in [1.29, 1.82) is 0 Å². The van der Waals surface area contributed by atoms with Crippen LogP contribution in [0.1, 0.15) is 38.8 Å². The zero-order chi connectivity index (χ0) is 15.4. The molecule has 2 unspecified atom stereocenters. The van der Waals surface area contributed by atoms with Gasteiger partial charge in [-0.1, -0.05) is 35.8 Å². The van der Waals surface area contributed by atoms with Crippen LogP contribution in [0.3, 0.4) is 0 Å². The standard InChI is InChI=1S/C16H24BrN3O/c1-4-14-16(21)19-8-9-20(14)15-10-12(17)6-7-13(15)11(3)18-5-2/h6-7,10-11,14,18H,4-5,8-9H2,1-3H3,(H,19,21). The number of carbonyl (C=O) groups is 1. The minimum Gasteiger partial charge on any atom is -0.357 e. The molecule has 1 saturated heterocycles. The fourth-order valence-electron chi connectivity index (χ4n) is 2.96. The van der Waals surface area contributed by atoms with E-state index in [-0.39, 0.29) is 18.0 Å². The molecule has 4 nitrogen and oxygen atoms in total. The lowest BCUT2D eigenvalue weighted by Gasteiger charge is -2.38. The second-order valence-electron chi connectivity index (χ2n) is 5.39. The summed E-state index contributed by atoms with van der Waals surface area (Å²) in [6.07, 6.45) is 0.813. The maximum atomic E-state index is 12.1. The summed E-state index contributed by atoms with van der Waals surface area (Å²) in [6.45, 7) is 8.82. The minimum absolute atomic E-state index is 0.0828. The topological polar surface area (TPSA) is 44.4 Å². The van der Waals surface area contributed by atoms with E-state index in [0.29, 0.717) is 6.54 Å². The van der Waals surface area contributed by atoms with Crippen LogP contribution >= 0.6 is 15.9 Å². The van der Waals surface area contributed by atoms with Crippen LogP contribution in [0.25, 0.3) is 0 Å². The summed E-state index contributed by atoms with van der Waals surface area (Å²) in [5.41, 5.74) is 2.40. The van der Waals surface area contributed by atoms with Crippen molar-refractivity contribution in [3.05, 3.63) is 28.2 Å². The van der Waals surface area contributed by atoms with Gasteiger partial charge < -0.3 is 15.5 Å². The Kier molecular flexibility index (Phi) is 5.65. The van der Waals surface area contributed by atoms with Crippen molar-refractivity contribution in [2.24, 2.45) is 0 Å². The summed E-state index contributed by atoms with van der Waals surface area (Å²) >= 11 is 3.56. The zero-order valence-corrected chi connectivity index (χ0v) is 14.5. The van der Waals surface area contributed by atoms with E-state index < -0.39 is 0 Å². The maximum absolute atomic E-state index is 12.1. The van der Waals surface area contributed by atoms with Gasteiger partial charge in [-0.2, -0.15) is 0 Å². The molecule has 1 heterocycles. The molecule has 2 N–H and O–H groups in total. The van der Waals surface area contributed by atoms with Gasteiger partial charge in [-0.15, -0.1) is 0 Å². The van der Waals surface area contributed by atoms with Crippen molar-refractivity contribution in [3.63, 3.8) is 0 Å². The van der Waals surface area contributed by atoms with Gasteiger partial charge in [-0.3, -0.25) is 4.79 Å². The van der Waals surface area contributed by atoms with Gasteiger partial charge >= 0.3 is 0 Å². The van der Waals surface area contributed by atoms with Gasteiger partial charge in [0.05, 0.1) is 0 Å². The molecule has 0 spiro atoms. The molecule has 0 saturated carbocycles. The third-order valence-electron chi connectivity index (χ3n) is 4.00. The van der Waals surface area contributed by atoms with Crippen molar-refractivity contribution >= 4 is 27.5 Å². The van der Waals surface area contributed by atoms with Gasteiger partial charge in [0.15, 0.2) is 0 Å². The monoisotopic (exact) mass is 353 g/mol. The summed E-state index contributed by atoms with van der Waals surface area (Å²) in [7, 11) is 0. The molecule has 1 aromatic rings. The first-order chi connectivity index (χ1) is 10.1. The lowest BCUT2D eigenvalue weighted by atomic mass is 10.0. The number of anilines is 1. The molecule has 0 bridgehead atoms. The number of nitrogens with one attached hydrogen (secondary N) is 2. The number of amides is 1. The fourth-order valence-corrected chi connectivity index (χ4v) is 3.31. The Bertz CT molecular complexity index is 506. The van der Waals surface area contributed by atoms with E-state index >= 15 is 0 Å². The predicted molar refractivity (Wildman–Crippen MR) is 90.7 cm³/mol. The van der Waals surface area contributed by atoms with E-state index in [2.05, 4.69) is 70.4 Å². The highest BCUT2D eigenvalue weighted by atomic mass is 79.9. The summed E-state index contributed by atoms with van der Waals surface area (Å²) in [4.78, 5) is 14.4. The van der Waals surface area contributed by atoms with Gasteiger partial charge in [-0.25, -0.2) is 0 Å². The van der Waals surface area contributed by atoms with Gasteiger partial charge in [0.2, 0.25) is 5.91 Å². The molecule has 1 aliphatic rings. The number of hydrogen-bond acceptors (Lipinski definition) is 3. The van der Waals surface area contributed by atoms with E-state index in [0.717, 1.165) is 29.7 Å². The Labute approximate surface area is 135 Å². The van der Waals surface area contributed by atoms with Crippen LogP contribution in [0.15, 0.2) is 22.7 Å². The predicted octanol–water partition coefficient (Wildman–Crippen LogP) is 2.83. The first-order valence-electron chi connectivity index (χ1n) is 7.65. The molecule has 116 valence electrons. The molecule has 2 rings (SSSR count). The average Bonchev–Trinajstić information content (AvgIpc) is 2.47. The molecule has 1 fully saturated rings. The highest BCUT2D eigenvalue weighted by Crippen LogP contribution is 2.32. The number of halogens is 1. The van der Waals surface area contributed by atoms with Crippen molar-refractivity contribution in [1.82, 2.24) is 10.6 Å². The second kappa shape index (κ2) is 7.27. The van der Waals surface area contributed by atoms with Crippen LogP contribution in [0, 0.1) is 0 Å².